The second kappa shape index (κ2) is 4.93. The first kappa shape index (κ1) is 12.0. The van der Waals surface area contributed by atoms with Gasteiger partial charge in [-0.25, -0.2) is 0 Å². The van der Waals surface area contributed by atoms with Gasteiger partial charge in [-0.2, -0.15) is 0 Å². The van der Waals surface area contributed by atoms with Gasteiger partial charge < -0.3 is 4.74 Å². The zero-order valence-corrected chi connectivity index (χ0v) is 11.3. The van der Waals surface area contributed by atoms with Crippen LogP contribution in [-0.4, -0.2) is 0 Å². The molecule has 96 valence electrons. The third-order valence-corrected chi connectivity index (χ3v) is 3.72. The third-order valence-electron chi connectivity index (χ3n) is 3.72. The largest absolute Gasteiger partial charge is 0.485 e. The predicted molar refractivity (Wildman–Crippen MR) is 79.4 cm³/mol. The van der Waals surface area contributed by atoms with Crippen molar-refractivity contribution in [3.05, 3.63) is 71.3 Å². The molecule has 0 amide bonds. The van der Waals surface area contributed by atoms with E-state index in [4.69, 9.17) is 4.74 Å². The molecule has 0 aliphatic carbocycles. The van der Waals surface area contributed by atoms with Crippen molar-refractivity contribution in [3.8, 4) is 5.75 Å². The van der Waals surface area contributed by atoms with Crippen LogP contribution in [0.3, 0.4) is 0 Å². The van der Waals surface area contributed by atoms with Crippen molar-refractivity contribution in [2.45, 2.75) is 25.9 Å². The van der Waals surface area contributed by atoms with Crippen LogP contribution in [0.25, 0.3) is 6.08 Å². The molecule has 0 radical (unpaired) electrons. The maximum atomic E-state index is 6.11. The number of fused-ring (bicyclic) bond motifs is 1. The summed E-state index contributed by atoms with van der Waals surface area (Å²) in [6.07, 6.45) is 4.33. The van der Waals surface area contributed by atoms with Gasteiger partial charge in [0.15, 0.2) is 0 Å². The Labute approximate surface area is 114 Å². The fourth-order valence-corrected chi connectivity index (χ4v) is 2.73. The summed E-state index contributed by atoms with van der Waals surface area (Å²) in [5.74, 6) is 1.41. The summed E-state index contributed by atoms with van der Waals surface area (Å²) in [6.45, 7) is 4.28. The lowest BCUT2D eigenvalue weighted by molar-refractivity contribution is 0.216. The number of hydrogen-bond acceptors (Lipinski definition) is 1. The number of rotatable bonds is 2. The Balaban J connectivity index is 1.96. The van der Waals surface area contributed by atoms with E-state index in [2.05, 4.69) is 61.5 Å². The molecule has 3 rings (SSSR count). The van der Waals surface area contributed by atoms with Crippen molar-refractivity contribution in [2.24, 2.45) is 0 Å². The van der Waals surface area contributed by atoms with Crippen LogP contribution in [0, 0.1) is 0 Å². The average Bonchev–Trinajstić information content (AvgIpc) is 2.78. The number of allylic oxidation sites excluding steroid dienone is 1. The summed E-state index contributed by atoms with van der Waals surface area (Å²) < 4.78 is 6.11. The van der Waals surface area contributed by atoms with E-state index in [0.717, 1.165) is 5.75 Å². The monoisotopic (exact) mass is 250 g/mol. The van der Waals surface area contributed by atoms with Gasteiger partial charge in [-0.1, -0.05) is 55.5 Å². The van der Waals surface area contributed by atoms with Crippen LogP contribution < -0.4 is 4.74 Å². The Hall–Kier alpha value is -2.02. The molecule has 0 saturated carbocycles. The van der Waals surface area contributed by atoms with Gasteiger partial charge in [0.1, 0.15) is 11.9 Å². The first-order valence-electron chi connectivity index (χ1n) is 6.78. The van der Waals surface area contributed by atoms with E-state index in [0.29, 0.717) is 5.92 Å². The molecule has 0 N–H and O–H groups in total. The van der Waals surface area contributed by atoms with E-state index in [9.17, 15) is 0 Å². The molecule has 0 unspecified atom stereocenters. The summed E-state index contributed by atoms with van der Waals surface area (Å²) in [6, 6.07) is 16.9. The Morgan fingerprint density at radius 2 is 1.84 bits per heavy atom. The molecule has 0 saturated heterocycles. The second-order valence-corrected chi connectivity index (χ2v) is 5.04. The first-order valence-corrected chi connectivity index (χ1v) is 6.78. The Morgan fingerprint density at radius 1 is 1.05 bits per heavy atom. The Bertz CT molecular complexity index is 598. The minimum Gasteiger partial charge on any atom is -0.485 e. The second-order valence-electron chi connectivity index (χ2n) is 5.04. The van der Waals surface area contributed by atoms with Crippen LogP contribution in [0.2, 0.25) is 0 Å². The molecule has 2 aromatic carbocycles. The van der Waals surface area contributed by atoms with Crippen molar-refractivity contribution in [1.82, 2.24) is 0 Å². The van der Waals surface area contributed by atoms with Crippen LogP contribution in [0.4, 0.5) is 0 Å². The molecule has 1 aliphatic heterocycles. The average molecular weight is 250 g/mol. The molecular formula is C18H18O. The quantitative estimate of drug-likeness (QED) is 0.732. The molecule has 0 bridgehead atoms. The summed E-state index contributed by atoms with van der Waals surface area (Å²) in [4.78, 5) is 0. The molecule has 1 nitrogen and oxygen atoms in total. The zero-order chi connectivity index (χ0) is 13.2. The van der Waals surface area contributed by atoms with Crippen LogP contribution in [0.1, 0.15) is 42.6 Å². The van der Waals surface area contributed by atoms with Crippen LogP contribution in [0.5, 0.6) is 5.75 Å². The number of ether oxygens (including phenoxy) is 1. The lowest BCUT2D eigenvalue weighted by atomic mass is 9.92. The van der Waals surface area contributed by atoms with E-state index in [-0.39, 0.29) is 6.10 Å². The van der Waals surface area contributed by atoms with Crippen LogP contribution in [0.15, 0.2) is 54.6 Å². The summed E-state index contributed by atoms with van der Waals surface area (Å²) >= 11 is 0. The van der Waals surface area contributed by atoms with Crippen LogP contribution in [-0.2, 0) is 0 Å². The SMILES string of the molecule is C/C=C/c1ccc2c(c1)[C@H](C)[C@@H](c1ccccc1)O2. The van der Waals surface area contributed by atoms with Gasteiger partial charge in [-0.3, -0.25) is 0 Å². The molecule has 0 fully saturated rings. The van der Waals surface area contributed by atoms with E-state index in [1.807, 2.05) is 13.0 Å². The highest BCUT2D eigenvalue weighted by molar-refractivity contribution is 5.55. The normalized spacial score (nSPS) is 21.4. The summed E-state index contributed by atoms with van der Waals surface area (Å²) in [7, 11) is 0. The highest BCUT2D eigenvalue weighted by Gasteiger charge is 2.31. The first-order chi connectivity index (χ1) is 9.29. The Morgan fingerprint density at radius 3 is 2.58 bits per heavy atom. The molecule has 0 aromatic heterocycles. The molecule has 2 aromatic rings. The van der Waals surface area contributed by atoms with Gasteiger partial charge in [0.2, 0.25) is 0 Å². The van der Waals surface area contributed by atoms with E-state index < -0.39 is 0 Å². The van der Waals surface area contributed by atoms with Crippen LogP contribution >= 0.6 is 0 Å². The lowest BCUT2D eigenvalue weighted by Gasteiger charge is -2.15. The van der Waals surface area contributed by atoms with Crippen molar-refractivity contribution in [3.63, 3.8) is 0 Å². The smallest absolute Gasteiger partial charge is 0.130 e. The fraction of sp³-hybridized carbons (Fsp3) is 0.222. The third kappa shape index (κ3) is 2.17. The topological polar surface area (TPSA) is 9.23 Å². The van der Waals surface area contributed by atoms with E-state index >= 15 is 0 Å². The molecular weight excluding hydrogens is 232 g/mol. The minimum atomic E-state index is 0.136. The maximum absolute atomic E-state index is 6.11. The van der Waals surface area contributed by atoms with Crippen molar-refractivity contribution >= 4 is 6.08 Å². The lowest BCUT2D eigenvalue weighted by Crippen LogP contribution is -2.06. The maximum Gasteiger partial charge on any atom is 0.130 e. The summed E-state index contributed by atoms with van der Waals surface area (Å²) in [5.41, 5.74) is 3.80. The molecule has 2 atom stereocenters. The van der Waals surface area contributed by atoms with Crippen molar-refractivity contribution in [2.75, 3.05) is 0 Å². The number of hydrogen-bond donors (Lipinski definition) is 0. The molecule has 1 heteroatoms. The van der Waals surface area contributed by atoms with Gasteiger partial charge in [0, 0.05) is 11.5 Å². The Kier molecular flexibility index (Phi) is 3.12. The zero-order valence-electron chi connectivity index (χ0n) is 11.3. The van der Waals surface area contributed by atoms with E-state index in [1.165, 1.54) is 16.7 Å². The standard InChI is InChI=1S/C18H18O/c1-3-7-14-10-11-17-16(12-14)13(2)18(19-17)15-8-5-4-6-9-15/h3-13,18H,1-2H3/b7-3+/t13-,18-/m0/s1. The predicted octanol–water partition coefficient (Wildman–Crippen LogP) is 4.96. The van der Waals surface area contributed by atoms with Gasteiger partial charge in [0.05, 0.1) is 0 Å². The highest BCUT2D eigenvalue weighted by Crippen LogP contribution is 2.45. The highest BCUT2D eigenvalue weighted by atomic mass is 16.5. The molecule has 1 aliphatic rings. The van der Waals surface area contributed by atoms with Crippen molar-refractivity contribution in [1.29, 1.82) is 0 Å². The number of benzene rings is 2. The molecule has 0 spiro atoms. The molecule has 19 heavy (non-hydrogen) atoms. The minimum absolute atomic E-state index is 0.136. The fourth-order valence-electron chi connectivity index (χ4n) is 2.73. The molecule has 1 heterocycles. The van der Waals surface area contributed by atoms with E-state index in [1.54, 1.807) is 0 Å². The summed E-state index contributed by atoms with van der Waals surface area (Å²) in [5, 5.41) is 0. The van der Waals surface area contributed by atoms with Gasteiger partial charge >= 0.3 is 0 Å². The van der Waals surface area contributed by atoms with Gasteiger partial charge in [-0.05, 0) is 30.2 Å². The van der Waals surface area contributed by atoms with Gasteiger partial charge in [0.25, 0.3) is 0 Å². The van der Waals surface area contributed by atoms with Crippen molar-refractivity contribution < 1.29 is 4.74 Å². The van der Waals surface area contributed by atoms with Gasteiger partial charge in [-0.15, -0.1) is 0 Å².